The van der Waals surface area contributed by atoms with Crippen LogP contribution in [0.4, 0.5) is 0 Å². The summed E-state index contributed by atoms with van der Waals surface area (Å²) in [6.07, 6.45) is -0.751. The lowest BCUT2D eigenvalue weighted by Crippen LogP contribution is -2.24. The third kappa shape index (κ3) is 2.06. The summed E-state index contributed by atoms with van der Waals surface area (Å²) in [5, 5.41) is 8.85. The Morgan fingerprint density at radius 2 is 2.11 bits per heavy atom. The summed E-state index contributed by atoms with van der Waals surface area (Å²) < 4.78 is 30.1. The molecule has 0 fully saturated rings. The molecule has 0 aliphatic carbocycles. The van der Waals surface area contributed by atoms with Crippen molar-refractivity contribution in [1.82, 2.24) is 4.31 Å². The number of rotatable bonds is 3. The van der Waals surface area contributed by atoms with Crippen LogP contribution < -0.4 is 4.74 Å². The first-order chi connectivity index (χ1) is 8.32. The Bertz CT molecular complexity index is 593. The first-order valence-electron chi connectivity index (χ1n) is 5.27. The maximum atomic E-state index is 11.9. The van der Waals surface area contributed by atoms with Crippen LogP contribution in [0.1, 0.15) is 5.56 Å². The van der Waals surface area contributed by atoms with Gasteiger partial charge >= 0.3 is 5.97 Å². The van der Waals surface area contributed by atoms with Gasteiger partial charge in [0.2, 0.25) is 10.0 Å². The van der Waals surface area contributed by atoms with Crippen LogP contribution in [-0.2, 0) is 21.2 Å². The summed E-state index contributed by atoms with van der Waals surface area (Å²) >= 11 is 0. The van der Waals surface area contributed by atoms with Gasteiger partial charge in [-0.25, -0.2) is 17.5 Å². The second-order valence-electron chi connectivity index (χ2n) is 4.21. The molecular weight excluding hydrogens is 258 g/mol. The van der Waals surface area contributed by atoms with Crippen molar-refractivity contribution in [3.63, 3.8) is 0 Å². The molecule has 1 aromatic carbocycles. The molecule has 0 aromatic heterocycles. The fourth-order valence-electron chi connectivity index (χ4n) is 1.73. The fourth-order valence-corrected chi connectivity index (χ4v) is 2.69. The van der Waals surface area contributed by atoms with E-state index in [1.165, 1.54) is 32.3 Å². The van der Waals surface area contributed by atoms with E-state index >= 15 is 0 Å². The van der Waals surface area contributed by atoms with Crippen molar-refractivity contribution in [3.8, 4) is 5.75 Å². The quantitative estimate of drug-likeness (QED) is 0.856. The molecule has 0 saturated heterocycles. The molecule has 0 amide bonds. The molecule has 0 radical (unpaired) electrons. The van der Waals surface area contributed by atoms with Gasteiger partial charge in [0, 0.05) is 20.5 Å². The second kappa shape index (κ2) is 4.25. The first-order valence-corrected chi connectivity index (χ1v) is 6.71. The molecule has 7 heteroatoms. The van der Waals surface area contributed by atoms with Crippen LogP contribution in [0, 0.1) is 0 Å². The van der Waals surface area contributed by atoms with Gasteiger partial charge in [0.05, 0.1) is 4.90 Å². The largest absolute Gasteiger partial charge is 0.478 e. The van der Waals surface area contributed by atoms with Gasteiger partial charge in [-0.1, -0.05) is 0 Å². The summed E-state index contributed by atoms with van der Waals surface area (Å²) in [4.78, 5) is 10.9. The Morgan fingerprint density at radius 3 is 2.67 bits per heavy atom. The number of fused-ring (bicyclic) bond motifs is 1. The molecule has 1 aliphatic rings. The highest BCUT2D eigenvalue weighted by molar-refractivity contribution is 7.89. The maximum absolute atomic E-state index is 11.9. The van der Waals surface area contributed by atoms with Crippen molar-refractivity contribution >= 4 is 16.0 Å². The molecule has 1 aromatic rings. The van der Waals surface area contributed by atoms with Gasteiger partial charge in [-0.15, -0.1) is 0 Å². The molecule has 1 heterocycles. The number of benzene rings is 1. The molecule has 98 valence electrons. The number of hydrogen-bond acceptors (Lipinski definition) is 4. The van der Waals surface area contributed by atoms with Gasteiger partial charge < -0.3 is 9.84 Å². The van der Waals surface area contributed by atoms with Gasteiger partial charge in [0.15, 0.2) is 6.10 Å². The summed E-state index contributed by atoms with van der Waals surface area (Å²) in [7, 11) is -0.619. The number of hydrogen-bond donors (Lipinski definition) is 1. The lowest BCUT2D eigenvalue weighted by atomic mass is 10.1. The van der Waals surface area contributed by atoms with Crippen molar-refractivity contribution in [2.24, 2.45) is 0 Å². The van der Waals surface area contributed by atoms with Gasteiger partial charge in [0.1, 0.15) is 5.75 Å². The van der Waals surface area contributed by atoms with Crippen molar-refractivity contribution < 1.29 is 23.1 Å². The van der Waals surface area contributed by atoms with Crippen LogP contribution in [0.25, 0.3) is 0 Å². The van der Waals surface area contributed by atoms with E-state index in [2.05, 4.69) is 0 Å². The lowest BCUT2D eigenvalue weighted by molar-refractivity contribution is -0.144. The zero-order valence-electron chi connectivity index (χ0n) is 9.95. The van der Waals surface area contributed by atoms with E-state index < -0.39 is 22.1 Å². The molecular formula is C11H13NO5S. The topological polar surface area (TPSA) is 83.9 Å². The van der Waals surface area contributed by atoms with Crippen LogP contribution in [0.5, 0.6) is 5.75 Å². The number of carbonyl (C=O) groups is 1. The van der Waals surface area contributed by atoms with Crippen molar-refractivity contribution in [2.45, 2.75) is 17.4 Å². The molecule has 2 rings (SSSR count). The number of nitrogens with zero attached hydrogens (tertiary/aromatic N) is 1. The van der Waals surface area contributed by atoms with E-state index in [1.807, 2.05) is 0 Å². The number of sulfonamides is 1. The minimum atomic E-state index is -3.51. The van der Waals surface area contributed by atoms with Gasteiger partial charge in [0.25, 0.3) is 0 Å². The van der Waals surface area contributed by atoms with Crippen LogP contribution in [0.2, 0.25) is 0 Å². The highest BCUT2D eigenvalue weighted by Crippen LogP contribution is 2.31. The van der Waals surface area contributed by atoms with Crippen LogP contribution in [-0.4, -0.2) is 44.0 Å². The van der Waals surface area contributed by atoms with E-state index in [-0.39, 0.29) is 11.3 Å². The smallest absolute Gasteiger partial charge is 0.345 e. The summed E-state index contributed by atoms with van der Waals surface area (Å²) in [5.41, 5.74) is 0.602. The molecule has 1 atom stereocenters. The molecule has 0 spiro atoms. The Kier molecular flexibility index (Phi) is 3.04. The fraction of sp³-hybridized carbons (Fsp3) is 0.364. The highest BCUT2D eigenvalue weighted by atomic mass is 32.2. The lowest BCUT2D eigenvalue weighted by Gasteiger charge is -2.11. The minimum Gasteiger partial charge on any atom is -0.478 e. The standard InChI is InChI=1S/C11H13NO5S/c1-12(2)18(15,16)8-3-4-9-7(5-8)6-10(17-9)11(13)14/h3-5,10H,6H2,1-2H3,(H,13,14)/t10-/m0/s1. The minimum absolute atomic E-state index is 0.140. The Balaban J connectivity index is 2.38. The molecule has 6 nitrogen and oxygen atoms in total. The SMILES string of the molecule is CN(C)S(=O)(=O)c1ccc2c(c1)C[C@@H](C(=O)O)O2. The summed E-state index contributed by atoms with van der Waals surface area (Å²) in [6, 6.07) is 4.38. The number of carboxylic acids is 1. The van der Waals surface area contributed by atoms with Crippen molar-refractivity contribution in [2.75, 3.05) is 14.1 Å². The zero-order chi connectivity index (χ0) is 13.5. The van der Waals surface area contributed by atoms with Gasteiger partial charge in [-0.05, 0) is 23.8 Å². The van der Waals surface area contributed by atoms with Crippen LogP contribution in [0.15, 0.2) is 23.1 Å². The van der Waals surface area contributed by atoms with Crippen molar-refractivity contribution in [3.05, 3.63) is 23.8 Å². The summed E-state index contributed by atoms with van der Waals surface area (Å²) in [6.45, 7) is 0. The molecule has 0 saturated carbocycles. The molecule has 18 heavy (non-hydrogen) atoms. The highest BCUT2D eigenvalue weighted by Gasteiger charge is 2.30. The molecule has 0 bridgehead atoms. The normalized spacial score (nSPS) is 18.5. The Morgan fingerprint density at radius 1 is 1.44 bits per heavy atom. The predicted molar refractivity (Wildman–Crippen MR) is 63.1 cm³/mol. The first kappa shape index (κ1) is 12.8. The third-order valence-corrected chi connectivity index (χ3v) is 4.57. The van der Waals surface area contributed by atoms with Gasteiger partial charge in [-0.3, -0.25) is 0 Å². The molecule has 0 unspecified atom stereocenters. The number of ether oxygens (including phenoxy) is 1. The zero-order valence-corrected chi connectivity index (χ0v) is 10.8. The molecule has 1 N–H and O–H groups in total. The monoisotopic (exact) mass is 271 g/mol. The maximum Gasteiger partial charge on any atom is 0.345 e. The van der Waals surface area contributed by atoms with Crippen molar-refractivity contribution in [1.29, 1.82) is 0 Å². The van der Waals surface area contributed by atoms with E-state index in [0.29, 0.717) is 11.3 Å². The van der Waals surface area contributed by atoms with E-state index in [9.17, 15) is 13.2 Å². The van der Waals surface area contributed by atoms with Gasteiger partial charge in [-0.2, -0.15) is 0 Å². The van der Waals surface area contributed by atoms with E-state index in [4.69, 9.17) is 9.84 Å². The van der Waals surface area contributed by atoms with E-state index in [0.717, 1.165) is 4.31 Å². The summed E-state index contributed by atoms with van der Waals surface area (Å²) in [5.74, 6) is -0.622. The average molecular weight is 271 g/mol. The average Bonchev–Trinajstić information content (AvgIpc) is 2.71. The Labute approximate surface area is 105 Å². The number of aliphatic carboxylic acids is 1. The third-order valence-electron chi connectivity index (χ3n) is 2.76. The van der Waals surface area contributed by atoms with Crippen LogP contribution in [0.3, 0.4) is 0 Å². The number of carboxylic acid groups (broad SMARTS) is 1. The predicted octanol–water partition coefficient (Wildman–Crippen LogP) is 0.325. The van der Waals surface area contributed by atoms with Crippen LogP contribution >= 0.6 is 0 Å². The second-order valence-corrected chi connectivity index (χ2v) is 6.36. The van der Waals surface area contributed by atoms with E-state index in [1.54, 1.807) is 0 Å². The Hall–Kier alpha value is -1.60. The molecule has 1 aliphatic heterocycles.